The predicted molar refractivity (Wildman–Crippen MR) is 115 cm³/mol. The molecule has 0 aromatic heterocycles. The molecule has 0 bridgehead atoms. The Morgan fingerprint density at radius 3 is 2.27 bits per heavy atom. The third-order valence-electron chi connectivity index (χ3n) is 3.88. The number of esters is 1. The van der Waals surface area contributed by atoms with Crippen molar-refractivity contribution in [3.63, 3.8) is 0 Å². The monoisotopic (exact) mass is 434 g/mol. The van der Waals surface area contributed by atoms with Gasteiger partial charge in [-0.05, 0) is 57.2 Å². The van der Waals surface area contributed by atoms with Gasteiger partial charge in [-0.25, -0.2) is 13.2 Å². The smallest absolute Gasteiger partial charge is 0.340 e. The van der Waals surface area contributed by atoms with E-state index in [1.807, 2.05) is 13.8 Å². The number of para-hydroxylation sites is 1. The maximum atomic E-state index is 12.6. The fraction of sp³-hybridized carbons (Fsp3) is 0.333. The number of nitrogens with zero attached hydrogens (tertiary/aromatic N) is 1. The Morgan fingerprint density at radius 1 is 1.07 bits per heavy atom. The lowest BCUT2D eigenvalue weighted by Gasteiger charge is -2.22. The molecule has 0 saturated carbocycles. The van der Waals surface area contributed by atoms with E-state index in [0.29, 0.717) is 11.4 Å². The summed E-state index contributed by atoms with van der Waals surface area (Å²) in [6.07, 6.45) is 0.998. The first-order chi connectivity index (χ1) is 14.1. The van der Waals surface area contributed by atoms with Gasteiger partial charge in [0.05, 0.1) is 35.9 Å². The number of amides is 1. The number of carbonyl (C=O) groups excluding carboxylic acids is 2. The lowest BCUT2D eigenvalue weighted by Crippen LogP contribution is -2.37. The molecule has 0 radical (unpaired) electrons. The van der Waals surface area contributed by atoms with E-state index in [1.54, 1.807) is 49.4 Å². The highest BCUT2D eigenvalue weighted by atomic mass is 32.2. The van der Waals surface area contributed by atoms with Crippen LogP contribution in [0.1, 0.15) is 31.1 Å². The van der Waals surface area contributed by atoms with Crippen LogP contribution < -0.4 is 14.4 Å². The molecule has 30 heavy (non-hydrogen) atoms. The van der Waals surface area contributed by atoms with E-state index >= 15 is 0 Å². The van der Waals surface area contributed by atoms with Gasteiger partial charge in [-0.15, -0.1) is 0 Å². The van der Waals surface area contributed by atoms with Crippen molar-refractivity contribution in [3.8, 4) is 5.75 Å². The molecule has 0 spiro atoms. The summed E-state index contributed by atoms with van der Waals surface area (Å²) in [6, 6.07) is 12.8. The van der Waals surface area contributed by atoms with Crippen LogP contribution in [-0.4, -0.2) is 45.8 Å². The minimum atomic E-state index is -3.74. The van der Waals surface area contributed by atoms with Crippen molar-refractivity contribution in [2.24, 2.45) is 0 Å². The van der Waals surface area contributed by atoms with Crippen LogP contribution >= 0.6 is 0 Å². The van der Waals surface area contributed by atoms with E-state index in [4.69, 9.17) is 9.47 Å². The molecule has 1 amide bonds. The molecular weight excluding hydrogens is 408 g/mol. The predicted octanol–water partition coefficient (Wildman–Crippen LogP) is 3.06. The zero-order chi connectivity index (χ0) is 22.3. The zero-order valence-corrected chi connectivity index (χ0v) is 18.2. The van der Waals surface area contributed by atoms with Crippen LogP contribution in [0, 0.1) is 0 Å². The minimum Gasteiger partial charge on any atom is -0.491 e. The highest BCUT2D eigenvalue weighted by molar-refractivity contribution is 7.92. The third-order valence-corrected chi connectivity index (χ3v) is 5.02. The number of anilines is 2. The fourth-order valence-electron chi connectivity index (χ4n) is 2.66. The summed E-state index contributed by atoms with van der Waals surface area (Å²) in [5.41, 5.74) is 0.756. The fourth-order valence-corrected chi connectivity index (χ4v) is 3.52. The van der Waals surface area contributed by atoms with Gasteiger partial charge in [-0.1, -0.05) is 12.1 Å². The van der Waals surface area contributed by atoms with E-state index < -0.39 is 28.4 Å². The summed E-state index contributed by atoms with van der Waals surface area (Å²) in [6.45, 7) is 5.19. The lowest BCUT2D eigenvalue weighted by molar-refractivity contribution is -0.114. The van der Waals surface area contributed by atoms with Crippen molar-refractivity contribution >= 4 is 33.3 Å². The Morgan fingerprint density at radius 2 is 1.70 bits per heavy atom. The van der Waals surface area contributed by atoms with Crippen LogP contribution in [-0.2, 0) is 19.6 Å². The minimum absolute atomic E-state index is 0.0212. The first kappa shape index (κ1) is 23.2. The van der Waals surface area contributed by atoms with Gasteiger partial charge in [-0.2, -0.15) is 0 Å². The van der Waals surface area contributed by atoms with E-state index in [9.17, 15) is 18.0 Å². The average Bonchev–Trinajstić information content (AvgIpc) is 2.66. The highest BCUT2D eigenvalue weighted by Crippen LogP contribution is 2.23. The van der Waals surface area contributed by atoms with Gasteiger partial charge in [0.1, 0.15) is 12.3 Å². The van der Waals surface area contributed by atoms with Crippen LogP contribution in [0.4, 0.5) is 11.4 Å². The number of rotatable bonds is 9. The van der Waals surface area contributed by atoms with Crippen LogP contribution in [0.5, 0.6) is 5.75 Å². The van der Waals surface area contributed by atoms with Crippen molar-refractivity contribution in [1.82, 2.24) is 0 Å². The molecular formula is C21H26N2O6S. The van der Waals surface area contributed by atoms with Gasteiger partial charge >= 0.3 is 5.97 Å². The molecule has 0 atom stereocenters. The molecule has 162 valence electrons. The summed E-state index contributed by atoms with van der Waals surface area (Å²) < 4.78 is 36.1. The van der Waals surface area contributed by atoms with E-state index in [1.165, 1.54) is 6.07 Å². The molecule has 0 aliphatic carbocycles. The topological polar surface area (TPSA) is 102 Å². The van der Waals surface area contributed by atoms with Crippen molar-refractivity contribution < 1.29 is 27.5 Å². The number of ether oxygens (including phenoxy) is 2. The molecule has 1 N–H and O–H groups in total. The molecule has 0 aliphatic rings. The Bertz CT molecular complexity index is 987. The number of carbonyl (C=O) groups is 2. The number of sulfonamides is 1. The van der Waals surface area contributed by atoms with Gasteiger partial charge in [0.15, 0.2) is 0 Å². The second-order valence-electron chi connectivity index (χ2n) is 6.74. The molecule has 2 rings (SSSR count). The number of hydrogen-bond donors (Lipinski definition) is 1. The number of benzene rings is 2. The molecule has 2 aromatic rings. The van der Waals surface area contributed by atoms with Crippen molar-refractivity contribution in [3.05, 3.63) is 54.1 Å². The Hall–Kier alpha value is -3.07. The van der Waals surface area contributed by atoms with Crippen LogP contribution in [0.3, 0.4) is 0 Å². The van der Waals surface area contributed by atoms with Crippen LogP contribution in [0.2, 0.25) is 0 Å². The molecule has 0 unspecified atom stereocenters. The number of hydrogen-bond acceptors (Lipinski definition) is 6. The van der Waals surface area contributed by atoms with Gasteiger partial charge < -0.3 is 14.8 Å². The van der Waals surface area contributed by atoms with Gasteiger partial charge in [-0.3, -0.25) is 9.10 Å². The number of nitrogens with one attached hydrogen (secondary N) is 1. The molecule has 0 heterocycles. The van der Waals surface area contributed by atoms with Crippen molar-refractivity contribution in [2.45, 2.75) is 26.9 Å². The quantitative estimate of drug-likeness (QED) is 0.609. The van der Waals surface area contributed by atoms with Crippen molar-refractivity contribution in [1.29, 1.82) is 0 Å². The second kappa shape index (κ2) is 10.1. The largest absolute Gasteiger partial charge is 0.491 e. The van der Waals surface area contributed by atoms with Crippen LogP contribution in [0.25, 0.3) is 0 Å². The average molecular weight is 435 g/mol. The molecule has 2 aromatic carbocycles. The summed E-state index contributed by atoms with van der Waals surface area (Å²) in [4.78, 5) is 24.7. The second-order valence-corrected chi connectivity index (χ2v) is 8.65. The summed E-state index contributed by atoms with van der Waals surface area (Å²) in [5, 5.41) is 2.59. The summed E-state index contributed by atoms with van der Waals surface area (Å²) in [5.74, 6) is -0.580. The Kier molecular flexibility index (Phi) is 7.82. The zero-order valence-electron chi connectivity index (χ0n) is 17.4. The normalized spacial score (nSPS) is 11.1. The molecule has 0 aliphatic heterocycles. The highest BCUT2D eigenvalue weighted by Gasteiger charge is 2.22. The van der Waals surface area contributed by atoms with E-state index in [-0.39, 0.29) is 24.0 Å². The van der Waals surface area contributed by atoms with E-state index in [0.717, 1.165) is 10.6 Å². The van der Waals surface area contributed by atoms with Gasteiger partial charge in [0.2, 0.25) is 15.9 Å². The molecule has 0 fully saturated rings. The summed E-state index contributed by atoms with van der Waals surface area (Å²) >= 11 is 0. The molecule has 8 nitrogen and oxygen atoms in total. The first-order valence-corrected chi connectivity index (χ1v) is 11.3. The molecule has 0 saturated heterocycles. The van der Waals surface area contributed by atoms with Gasteiger partial charge in [0, 0.05) is 0 Å². The SMILES string of the molecule is CCOC(=O)c1ccccc1NC(=O)CN(c1ccc(OC(C)C)cc1)S(C)(=O)=O. The summed E-state index contributed by atoms with van der Waals surface area (Å²) in [7, 11) is -3.74. The first-order valence-electron chi connectivity index (χ1n) is 9.42. The Balaban J connectivity index is 2.21. The van der Waals surface area contributed by atoms with Crippen LogP contribution in [0.15, 0.2) is 48.5 Å². The maximum absolute atomic E-state index is 12.6. The van der Waals surface area contributed by atoms with Gasteiger partial charge in [0.25, 0.3) is 0 Å². The Labute approximate surface area is 176 Å². The standard InChI is InChI=1S/C21H26N2O6S/c1-5-28-21(25)18-8-6-7-9-19(18)22-20(24)14-23(30(4,26)27)16-10-12-17(13-11-16)29-15(2)3/h6-13,15H,5,14H2,1-4H3,(H,22,24). The van der Waals surface area contributed by atoms with Crippen molar-refractivity contribution in [2.75, 3.05) is 29.0 Å². The maximum Gasteiger partial charge on any atom is 0.340 e. The molecule has 9 heteroatoms. The lowest BCUT2D eigenvalue weighted by atomic mass is 10.2. The van der Waals surface area contributed by atoms with E-state index in [2.05, 4.69) is 5.32 Å². The third kappa shape index (κ3) is 6.48.